The van der Waals surface area contributed by atoms with Crippen molar-refractivity contribution >= 4 is 22.6 Å². The van der Waals surface area contributed by atoms with E-state index < -0.39 is 5.97 Å². The minimum absolute atomic E-state index is 0.402. The van der Waals surface area contributed by atoms with Gasteiger partial charge in [0.25, 0.3) is 0 Å². The summed E-state index contributed by atoms with van der Waals surface area (Å²) in [6.07, 6.45) is 8.83. The fourth-order valence-corrected chi connectivity index (χ4v) is 3.51. The Balaban J connectivity index is 2.41. The first kappa shape index (κ1) is 22.1. The van der Waals surface area contributed by atoms with Gasteiger partial charge in [-0.3, -0.25) is 0 Å². The van der Waals surface area contributed by atoms with Crippen LogP contribution >= 0.6 is 0 Å². The Labute approximate surface area is 188 Å². The van der Waals surface area contributed by atoms with Gasteiger partial charge in [0, 0.05) is 29.7 Å². The number of hydrogen-bond acceptors (Lipinski definition) is 3. The van der Waals surface area contributed by atoms with Crippen LogP contribution in [0.4, 0.5) is 5.69 Å². The Kier molecular flexibility index (Phi) is 7.21. The van der Waals surface area contributed by atoms with Crippen LogP contribution in [0.25, 0.3) is 22.2 Å². The van der Waals surface area contributed by atoms with E-state index in [1.54, 1.807) is 12.1 Å². The van der Waals surface area contributed by atoms with Gasteiger partial charge in [0.05, 0.1) is 29.4 Å². The molecule has 0 bridgehead atoms. The molecule has 3 aromatic rings. The second-order valence-corrected chi connectivity index (χ2v) is 6.71. The highest BCUT2D eigenvalue weighted by Crippen LogP contribution is 2.37. The SMILES string of the molecule is C#CC#CC#Cc1c(-c2ccccc2NCC=C)n(CC=C)c2cc(C(=O)OC)ccc12. The minimum Gasteiger partial charge on any atom is -0.465 e. The van der Waals surface area contributed by atoms with Crippen LogP contribution in [0.1, 0.15) is 15.9 Å². The zero-order valence-corrected chi connectivity index (χ0v) is 17.9. The van der Waals surface area contributed by atoms with Crippen LogP contribution in [0, 0.1) is 36.0 Å². The number of benzene rings is 2. The maximum atomic E-state index is 12.2. The summed E-state index contributed by atoms with van der Waals surface area (Å²) >= 11 is 0. The van der Waals surface area contributed by atoms with E-state index >= 15 is 0 Å². The predicted octanol–water partition coefficient (Wildman–Crippen LogP) is 4.87. The van der Waals surface area contributed by atoms with Crippen molar-refractivity contribution in [3.05, 3.63) is 78.9 Å². The van der Waals surface area contributed by atoms with E-state index in [1.807, 2.05) is 42.5 Å². The number of para-hydroxylation sites is 1. The van der Waals surface area contributed by atoms with Gasteiger partial charge in [-0.05, 0) is 47.8 Å². The Bertz CT molecular complexity index is 1360. The van der Waals surface area contributed by atoms with Gasteiger partial charge in [-0.25, -0.2) is 4.79 Å². The van der Waals surface area contributed by atoms with Crippen molar-refractivity contribution in [2.24, 2.45) is 0 Å². The lowest BCUT2D eigenvalue weighted by atomic mass is 10.0. The number of carbonyl (C=O) groups excluding carboxylic acids is 1. The molecule has 0 radical (unpaired) electrons. The molecule has 4 nitrogen and oxygen atoms in total. The smallest absolute Gasteiger partial charge is 0.337 e. The van der Waals surface area contributed by atoms with E-state index in [1.165, 1.54) is 7.11 Å². The number of allylic oxidation sites excluding steroid dienone is 1. The number of carbonyl (C=O) groups is 1. The first-order valence-electron chi connectivity index (χ1n) is 9.92. The Morgan fingerprint density at radius 3 is 2.69 bits per heavy atom. The molecule has 0 fully saturated rings. The van der Waals surface area contributed by atoms with Crippen molar-refractivity contribution in [2.75, 3.05) is 19.0 Å². The molecular formula is C28H22N2O2. The summed E-state index contributed by atoms with van der Waals surface area (Å²) in [5.41, 5.74) is 4.88. The number of fused-ring (bicyclic) bond motifs is 1. The predicted molar refractivity (Wildman–Crippen MR) is 131 cm³/mol. The van der Waals surface area contributed by atoms with Crippen molar-refractivity contribution in [1.82, 2.24) is 4.57 Å². The summed E-state index contributed by atoms with van der Waals surface area (Å²) in [6.45, 7) is 8.84. The molecule has 0 saturated carbocycles. The summed E-state index contributed by atoms with van der Waals surface area (Å²) in [5.74, 6) is 13.1. The number of hydrogen-bond donors (Lipinski definition) is 1. The molecule has 156 valence electrons. The van der Waals surface area contributed by atoms with E-state index in [2.05, 4.69) is 52.6 Å². The zero-order valence-electron chi connectivity index (χ0n) is 17.9. The van der Waals surface area contributed by atoms with Crippen LogP contribution in [-0.2, 0) is 11.3 Å². The number of anilines is 1. The summed E-state index contributed by atoms with van der Waals surface area (Å²) < 4.78 is 6.99. The molecule has 0 aliphatic rings. The van der Waals surface area contributed by atoms with Gasteiger partial charge >= 0.3 is 5.97 Å². The topological polar surface area (TPSA) is 43.3 Å². The fourth-order valence-electron chi connectivity index (χ4n) is 3.51. The zero-order chi connectivity index (χ0) is 22.9. The number of nitrogens with one attached hydrogen (secondary N) is 1. The van der Waals surface area contributed by atoms with Crippen molar-refractivity contribution in [3.8, 4) is 47.3 Å². The highest BCUT2D eigenvalue weighted by atomic mass is 16.5. The van der Waals surface area contributed by atoms with Gasteiger partial charge in [0.2, 0.25) is 0 Å². The highest BCUT2D eigenvalue weighted by Gasteiger charge is 2.20. The Hall–Kier alpha value is -4.59. The summed E-state index contributed by atoms with van der Waals surface area (Å²) in [7, 11) is 1.36. The third-order valence-corrected chi connectivity index (χ3v) is 4.80. The van der Waals surface area contributed by atoms with Crippen LogP contribution in [0.2, 0.25) is 0 Å². The molecular weight excluding hydrogens is 396 g/mol. The average Bonchev–Trinajstić information content (AvgIpc) is 3.12. The van der Waals surface area contributed by atoms with Crippen molar-refractivity contribution in [1.29, 1.82) is 0 Å². The van der Waals surface area contributed by atoms with Gasteiger partial charge in [-0.1, -0.05) is 36.4 Å². The van der Waals surface area contributed by atoms with Gasteiger partial charge in [-0.15, -0.1) is 19.6 Å². The summed E-state index contributed by atoms with van der Waals surface area (Å²) in [4.78, 5) is 12.2. The van der Waals surface area contributed by atoms with E-state index in [-0.39, 0.29) is 0 Å². The van der Waals surface area contributed by atoms with Gasteiger partial charge in [-0.2, -0.15) is 0 Å². The fraction of sp³-hybridized carbons (Fsp3) is 0.107. The number of methoxy groups -OCH3 is 1. The van der Waals surface area contributed by atoms with Crippen LogP contribution in [-0.4, -0.2) is 24.2 Å². The third-order valence-electron chi connectivity index (χ3n) is 4.80. The summed E-state index contributed by atoms with van der Waals surface area (Å²) in [6, 6.07) is 13.4. The van der Waals surface area contributed by atoms with Crippen LogP contribution in [0.5, 0.6) is 0 Å². The molecule has 1 aromatic heterocycles. The second kappa shape index (κ2) is 10.4. The van der Waals surface area contributed by atoms with Gasteiger partial charge < -0.3 is 14.6 Å². The average molecular weight is 418 g/mol. The van der Waals surface area contributed by atoms with Crippen molar-refractivity contribution in [2.45, 2.75) is 6.54 Å². The monoisotopic (exact) mass is 418 g/mol. The first-order chi connectivity index (χ1) is 15.7. The first-order valence-corrected chi connectivity index (χ1v) is 9.92. The molecule has 0 aliphatic heterocycles. The molecule has 32 heavy (non-hydrogen) atoms. The van der Waals surface area contributed by atoms with Crippen molar-refractivity contribution < 1.29 is 9.53 Å². The van der Waals surface area contributed by atoms with E-state index in [9.17, 15) is 4.79 Å². The quantitative estimate of drug-likeness (QED) is 0.338. The molecule has 4 heteroatoms. The van der Waals surface area contributed by atoms with Gasteiger partial charge in [0.15, 0.2) is 0 Å². The number of ether oxygens (including phenoxy) is 1. The number of rotatable bonds is 7. The molecule has 0 aliphatic carbocycles. The number of aromatic nitrogens is 1. The Morgan fingerprint density at radius 2 is 1.97 bits per heavy atom. The molecule has 0 spiro atoms. The highest BCUT2D eigenvalue weighted by molar-refractivity contribution is 6.01. The van der Waals surface area contributed by atoms with Crippen molar-refractivity contribution in [3.63, 3.8) is 0 Å². The molecule has 0 atom stereocenters. The summed E-state index contributed by atoms with van der Waals surface area (Å²) in [5, 5.41) is 4.28. The van der Waals surface area contributed by atoms with Gasteiger partial charge in [0.1, 0.15) is 0 Å². The molecule has 0 amide bonds. The van der Waals surface area contributed by atoms with E-state index in [0.29, 0.717) is 18.7 Å². The largest absolute Gasteiger partial charge is 0.465 e. The van der Waals surface area contributed by atoms with Crippen LogP contribution in [0.3, 0.4) is 0 Å². The molecule has 1 heterocycles. The normalized spacial score (nSPS) is 9.50. The number of nitrogens with zero attached hydrogens (tertiary/aromatic N) is 1. The third kappa shape index (κ3) is 4.44. The molecule has 0 unspecified atom stereocenters. The maximum absolute atomic E-state index is 12.2. The standard InChI is InChI=1S/C28H22N2O2/c1-5-8-9-10-13-23-22-17-16-21(28(31)32-4)20-26(22)30(19-7-3)27(23)24-14-11-12-15-25(24)29-18-6-2/h1,6-7,11-12,14-17,20,29H,2-3,18-19H2,4H3. The molecule has 3 rings (SSSR count). The Morgan fingerprint density at radius 1 is 1.16 bits per heavy atom. The van der Waals surface area contributed by atoms with Crippen LogP contribution in [0.15, 0.2) is 67.8 Å². The second-order valence-electron chi connectivity index (χ2n) is 6.71. The molecule has 0 saturated heterocycles. The van der Waals surface area contributed by atoms with Crippen LogP contribution < -0.4 is 5.32 Å². The molecule has 2 aromatic carbocycles. The number of esters is 1. The lowest BCUT2D eigenvalue weighted by molar-refractivity contribution is 0.0601. The van der Waals surface area contributed by atoms with E-state index in [4.69, 9.17) is 11.2 Å². The number of terminal acetylenes is 1. The maximum Gasteiger partial charge on any atom is 0.337 e. The van der Waals surface area contributed by atoms with E-state index in [0.717, 1.165) is 33.4 Å². The minimum atomic E-state index is -0.402. The lowest BCUT2D eigenvalue weighted by Gasteiger charge is -2.14. The lowest BCUT2D eigenvalue weighted by Crippen LogP contribution is -2.04. The molecule has 1 N–H and O–H groups in total.